The number of rotatable bonds is 3. The number of carbonyl (C=O) groups is 2. The van der Waals surface area contributed by atoms with Gasteiger partial charge in [-0.05, 0) is 19.8 Å². The quantitative estimate of drug-likeness (QED) is 0.849. The molecule has 1 fully saturated rings. The number of aryl methyl sites for hydroxylation is 2. The smallest absolute Gasteiger partial charge is 0.276 e. The van der Waals surface area contributed by atoms with Crippen molar-refractivity contribution in [3.63, 3.8) is 0 Å². The third-order valence-electron chi connectivity index (χ3n) is 3.70. The number of aromatic nitrogens is 1. The van der Waals surface area contributed by atoms with Gasteiger partial charge in [-0.3, -0.25) is 9.59 Å². The zero-order valence-corrected chi connectivity index (χ0v) is 13.3. The van der Waals surface area contributed by atoms with Crippen molar-refractivity contribution < 1.29 is 14.0 Å². The maximum absolute atomic E-state index is 12.6. The number of piperazine rings is 1. The highest BCUT2D eigenvalue weighted by atomic mass is 16.4. The molecule has 2 heterocycles. The molecular weight excluding hydrogens is 270 g/mol. The van der Waals surface area contributed by atoms with E-state index >= 15 is 0 Å². The normalized spacial score (nSPS) is 19.5. The Hall–Kier alpha value is -1.85. The van der Waals surface area contributed by atoms with Crippen molar-refractivity contribution in [3.8, 4) is 0 Å². The molecule has 0 aromatic carbocycles. The molecular formula is C15H23N3O3. The van der Waals surface area contributed by atoms with Gasteiger partial charge in [-0.25, -0.2) is 4.98 Å². The van der Waals surface area contributed by atoms with Gasteiger partial charge in [0.25, 0.3) is 5.91 Å². The SMILES string of the molecule is Cc1nc(C(=O)N2CCN(CC(C)C)C(=O)[C@@H]2C)c(C)o1. The van der Waals surface area contributed by atoms with Crippen LogP contribution >= 0.6 is 0 Å². The van der Waals surface area contributed by atoms with E-state index in [2.05, 4.69) is 18.8 Å². The molecule has 1 aromatic heterocycles. The van der Waals surface area contributed by atoms with Gasteiger partial charge < -0.3 is 14.2 Å². The number of oxazole rings is 1. The Morgan fingerprint density at radius 1 is 1.38 bits per heavy atom. The minimum Gasteiger partial charge on any atom is -0.445 e. The molecule has 0 radical (unpaired) electrons. The van der Waals surface area contributed by atoms with Crippen LogP contribution < -0.4 is 0 Å². The van der Waals surface area contributed by atoms with Crippen molar-refractivity contribution in [1.82, 2.24) is 14.8 Å². The summed E-state index contributed by atoms with van der Waals surface area (Å²) in [6.07, 6.45) is 0. The molecule has 1 atom stereocenters. The van der Waals surface area contributed by atoms with E-state index in [4.69, 9.17) is 4.42 Å². The van der Waals surface area contributed by atoms with E-state index in [-0.39, 0.29) is 11.8 Å². The molecule has 21 heavy (non-hydrogen) atoms. The number of nitrogens with zero attached hydrogens (tertiary/aromatic N) is 3. The average Bonchev–Trinajstić information content (AvgIpc) is 2.73. The molecule has 6 nitrogen and oxygen atoms in total. The fraction of sp³-hybridized carbons (Fsp3) is 0.667. The predicted molar refractivity (Wildman–Crippen MR) is 77.9 cm³/mol. The minimum atomic E-state index is -0.457. The second-order valence-corrected chi connectivity index (χ2v) is 5.99. The Balaban J connectivity index is 2.14. The fourth-order valence-electron chi connectivity index (χ4n) is 2.69. The Morgan fingerprint density at radius 2 is 2.05 bits per heavy atom. The van der Waals surface area contributed by atoms with Crippen molar-refractivity contribution in [2.75, 3.05) is 19.6 Å². The Bertz CT molecular complexity index is 550. The Kier molecular flexibility index (Phi) is 4.34. The van der Waals surface area contributed by atoms with Crippen molar-refractivity contribution in [3.05, 3.63) is 17.3 Å². The highest BCUT2D eigenvalue weighted by molar-refractivity contribution is 5.97. The number of hydrogen-bond acceptors (Lipinski definition) is 4. The summed E-state index contributed by atoms with van der Waals surface area (Å²) < 4.78 is 5.31. The molecule has 0 bridgehead atoms. The Morgan fingerprint density at radius 3 is 2.57 bits per heavy atom. The van der Waals surface area contributed by atoms with Gasteiger partial charge in [-0.15, -0.1) is 0 Å². The highest BCUT2D eigenvalue weighted by Gasteiger charge is 2.36. The molecule has 2 rings (SSSR count). The van der Waals surface area contributed by atoms with Crippen molar-refractivity contribution in [2.24, 2.45) is 5.92 Å². The van der Waals surface area contributed by atoms with Crippen LogP contribution in [0.3, 0.4) is 0 Å². The molecule has 1 aliphatic heterocycles. The van der Waals surface area contributed by atoms with E-state index in [0.29, 0.717) is 36.4 Å². The predicted octanol–water partition coefficient (Wildman–Crippen LogP) is 1.62. The first kappa shape index (κ1) is 15.5. The van der Waals surface area contributed by atoms with Crippen LogP contribution in [-0.4, -0.2) is 52.3 Å². The molecule has 0 unspecified atom stereocenters. The minimum absolute atomic E-state index is 0.00108. The molecule has 2 amide bonds. The molecule has 1 aliphatic rings. The van der Waals surface area contributed by atoms with Crippen LogP contribution in [-0.2, 0) is 4.79 Å². The largest absolute Gasteiger partial charge is 0.445 e. The zero-order valence-electron chi connectivity index (χ0n) is 13.3. The van der Waals surface area contributed by atoms with E-state index in [1.165, 1.54) is 0 Å². The van der Waals surface area contributed by atoms with Crippen LogP contribution in [0.2, 0.25) is 0 Å². The van der Waals surface area contributed by atoms with E-state index in [0.717, 1.165) is 6.54 Å². The lowest BCUT2D eigenvalue weighted by Gasteiger charge is -2.39. The summed E-state index contributed by atoms with van der Waals surface area (Å²) in [5, 5.41) is 0. The zero-order chi connectivity index (χ0) is 15.7. The van der Waals surface area contributed by atoms with Gasteiger partial charge in [0, 0.05) is 26.6 Å². The van der Waals surface area contributed by atoms with Gasteiger partial charge >= 0.3 is 0 Å². The summed E-state index contributed by atoms with van der Waals surface area (Å²) in [6, 6.07) is -0.457. The second-order valence-electron chi connectivity index (χ2n) is 5.99. The van der Waals surface area contributed by atoms with Gasteiger partial charge in [0.15, 0.2) is 11.6 Å². The first-order chi connectivity index (χ1) is 9.81. The summed E-state index contributed by atoms with van der Waals surface area (Å²) in [5.41, 5.74) is 0.310. The molecule has 0 spiro atoms. The standard InChI is InChI=1S/C15H23N3O3/c1-9(2)8-17-6-7-18(10(3)14(17)19)15(20)13-11(4)21-12(5)16-13/h9-10H,6-8H2,1-5H3/t10-/m0/s1. The topological polar surface area (TPSA) is 66.7 Å². The maximum atomic E-state index is 12.6. The first-order valence-corrected chi connectivity index (χ1v) is 7.35. The highest BCUT2D eigenvalue weighted by Crippen LogP contribution is 2.18. The molecule has 1 aromatic rings. The van der Waals surface area contributed by atoms with Gasteiger partial charge in [0.05, 0.1) is 0 Å². The lowest BCUT2D eigenvalue weighted by atomic mass is 10.1. The summed E-state index contributed by atoms with van der Waals surface area (Å²) in [7, 11) is 0. The molecule has 6 heteroatoms. The molecule has 116 valence electrons. The van der Waals surface area contributed by atoms with Crippen molar-refractivity contribution in [2.45, 2.75) is 40.7 Å². The van der Waals surface area contributed by atoms with Crippen LogP contribution in [0, 0.1) is 19.8 Å². The van der Waals surface area contributed by atoms with Crippen LogP contribution in [0.25, 0.3) is 0 Å². The number of hydrogen-bond donors (Lipinski definition) is 0. The van der Waals surface area contributed by atoms with Crippen molar-refractivity contribution >= 4 is 11.8 Å². The summed E-state index contributed by atoms with van der Waals surface area (Å²) in [6.45, 7) is 11.2. The summed E-state index contributed by atoms with van der Waals surface area (Å²) in [4.78, 5) is 32.5. The van der Waals surface area contributed by atoms with Gasteiger partial charge in [0.2, 0.25) is 5.91 Å². The van der Waals surface area contributed by atoms with Crippen LogP contribution in [0.4, 0.5) is 0 Å². The lowest BCUT2D eigenvalue weighted by molar-refractivity contribution is -0.140. The van der Waals surface area contributed by atoms with Gasteiger partial charge in [0.1, 0.15) is 11.8 Å². The monoisotopic (exact) mass is 293 g/mol. The third kappa shape index (κ3) is 3.09. The number of carbonyl (C=O) groups excluding carboxylic acids is 2. The average molecular weight is 293 g/mol. The molecule has 0 aliphatic carbocycles. The second kappa shape index (κ2) is 5.87. The van der Waals surface area contributed by atoms with E-state index in [9.17, 15) is 9.59 Å². The van der Waals surface area contributed by atoms with Crippen LogP contribution in [0.15, 0.2) is 4.42 Å². The van der Waals surface area contributed by atoms with Crippen LogP contribution in [0.1, 0.15) is 42.9 Å². The van der Waals surface area contributed by atoms with Gasteiger partial charge in [-0.1, -0.05) is 13.8 Å². The summed E-state index contributed by atoms with van der Waals surface area (Å²) in [5.74, 6) is 1.16. The first-order valence-electron chi connectivity index (χ1n) is 7.35. The molecule has 0 N–H and O–H groups in total. The van der Waals surface area contributed by atoms with E-state index in [1.807, 2.05) is 4.90 Å². The van der Waals surface area contributed by atoms with E-state index in [1.54, 1.807) is 25.7 Å². The van der Waals surface area contributed by atoms with Gasteiger partial charge in [-0.2, -0.15) is 0 Å². The van der Waals surface area contributed by atoms with Crippen LogP contribution in [0.5, 0.6) is 0 Å². The molecule has 1 saturated heterocycles. The fourth-order valence-corrected chi connectivity index (χ4v) is 2.69. The molecule has 0 saturated carbocycles. The Labute approximate surface area is 125 Å². The lowest BCUT2D eigenvalue weighted by Crippen LogP contribution is -2.58. The number of amides is 2. The van der Waals surface area contributed by atoms with E-state index < -0.39 is 6.04 Å². The summed E-state index contributed by atoms with van der Waals surface area (Å²) >= 11 is 0. The van der Waals surface area contributed by atoms with Crippen molar-refractivity contribution in [1.29, 1.82) is 0 Å². The third-order valence-corrected chi connectivity index (χ3v) is 3.70. The maximum Gasteiger partial charge on any atom is 0.276 e.